The number of thiocarbonyl (C=S) groups is 1. The minimum absolute atomic E-state index is 0.00262. The Labute approximate surface area is 241 Å². The second-order valence-corrected chi connectivity index (χ2v) is 10.3. The normalized spacial score (nSPS) is 14.9. The topological polar surface area (TPSA) is 120 Å². The number of carboxylic acids is 1. The fraction of sp³-hybridized carbons (Fsp3) is 0.115. The number of rotatable bonds is 6. The van der Waals surface area contributed by atoms with Crippen molar-refractivity contribution in [2.75, 3.05) is 11.9 Å². The van der Waals surface area contributed by atoms with Gasteiger partial charge in [0.1, 0.15) is 22.2 Å². The van der Waals surface area contributed by atoms with Crippen LogP contribution in [0.25, 0.3) is 17.3 Å². The van der Waals surface area contributed by atoms with Gasteiger partial charge < -0.3 is 15.5 Å². The molecule has 3 N–H and O–H groups in total. The first-order chi connectivity index (χ1) is 19.5. The maximum atomic E-state index is 13.3. The predicted molar refractivity (Wildman–Crippen MR) is 143 cm³/mol. The maximum Gasteiger partial charge on any atom is 0.416 e. The Balaban J connectivity index is 1.54. The minimum Gasteiger partial charge on any atom is -0.507 e. The van der Waals surface area contributed by atoms with Crippen LogP contribution < -0.4 is 5.32 Å². The van der Waals surface area contributed by atoms with Crippen molar-refractivity contribution in [2.45, 2.75) is 12.4 Å². The average Bonchev–Trinajstić information content (AvgIpc) is 3.14. The van der Waals surface area contributed by atoms with Crippen LogP contribution in [0, 0.1) is 0 Å². The molecule has 0 atom stereocenters. The zero-order valence-electron chi connectivity index (χ0n) is 20.6. The molecule has 1 saturated heterocycles. The fourth-order valence-corrected chi connectivity index (χ4v) is 4.94. The summed E-state index contributed by atoms with van der Waals surface area (Å²) >= 11 is 5.96. The van der Waals surface area contributed by atoms with Crippen LogP contribution in [0.2, 0.25) is 0 Å². The molecule has 3 aromatic rings. The summed E-state index contributed by atoms with van der Waals surface area (Å²) in [6.07, 6.45) is -8.87. The van der Waals surface area contributed by atoms with Crippen molar-refractivity contribution in [3.05, 3.63) is 81.9 Å². The van der Waals surface area contributed by atoms with Gasteiger partial charge in [-0.25, -0.2) is 9.78 Å². The lowest BCUT2D eigenvalue weighted by Crippen LogP contribution is -2.36. The van der Waals surface area contributed by atoms with Crippen molar-refractivity contribution >= 4 is 57.8 Å². The lowest BCUT2D eigenvalue weighted by molar-refractivity contribution is -0.143. The Morgan fingerprint density at radius 1 is 1.00 bits per heavy atom. The number of pyridine rings is 1. The summed E-state index contributed by atoms with van der Waals surface area (Å²) < 4.78 is 79.6. The van der Waals surface area contributed by atoms with Crippen LogP contribution >= 0.6 is 24.0 Å². The number of hydrogen-bond donors (Lipinski definition) is 3. The van der Waals surface area contributed by atoms with Crippen molar-refractivity contribution in [1.29, 1.82) is 0 Å². The second-order valence-electron chi connectivity index (χ2n) is 8.60. The van der Waals surface area contributed by atoms with Gasteiger partial charge in [0.15, 0.2) is 0 Å². The van der Waals surface area contributed by atoms with E-state index in [4.69, 9.17) is 17.3 Å². The molecule has 16 heteroatoms. The maximum absolute atomic E-state index is 13.3. The number of benzene rings is 2. The first-order valence-corrected chi connectivity index (χ1v) is 12.6. The van der Waals surface area contributed by atoms with Gasteiger partial charge in [0, 0.05) is 17.3 Å². The summed E-state index contributed by atoms with van der Waals surface area (Å²) in [5.74, 6) is -3.42. The molecule has 4 rings (SSSR count). The molecule has 0 bridgehead atoms. The molecular formula is C26H15F6N3O5S2. The number of anilines is 1. The summed E-state index contributed by atoms with van der Waals surface area (Å²) in [5.41, 5.74) is -3.99. The van der Waals surface area contributed by atoms with Crippen molar-refractivity contribution in [3.63, 3.8) is 0 Å². The molecule has 2 aromatic carbocycles. The molecule has 1 aromatic heterocycles. The molecule has 2 amide bonds. The van der Waals surface area contributed by atoms with E-state index in [1.807, 2.05) is 0 Å². The summed E-state index contributed by atoms with van der Waals surface area (Å²) in [5, 5.41) is 21.1. The van der Waals surface area contributed by atoms with Gasteiger partial charge in [0.25, 0.3) is 5.91 Å². The number of carboxylic acid groups (broad SMARTS) is 1. The molecule has 0 radical (unpaired) electrons. The zero-order valence-corrected chi connectivity index (χ0v) is 22.2. The Kier molecular flexibility index (Phi) is 8.31. The number of aromatic nitrogens is 1. The predicted octanol–water partition coefficient (Wildman–Crippen LogP) is 6.03. The number of halogens is 6. The quantitative estimate of drug-likeness (QED) is 0.172. The third-order valence-corrected chi connectivity index (χ3v) is 7.00. The number of carbonyl (C=O) groups is 3. The monoisotopic (exact) mass is 627 g/mol. The molecule has 1 aliphatic heterocycles. The van der Waals surface area contributed by atoms with E-state index >= 15 is 0 Å². The highest BCUT2D eigenvalue weighted by Crippen LogP contribution is 2.39. The summed E-state index contributed by atoms with van der Waals surface area (Å²) in [6, 6.07) is 8.29. The SMILES string of the molecule is O=C(CN1C(=O)C(=Cc2cccc(-c3cc(C(F)(F)F)cc(C(F)(F)F)c3)n2)SC1=S)Nc1ccc(C(=O)O)c(O)c1. The van der Waals surface area contributed by atoms with Crippen LogP contribution in [0.1, 0.15) is 27.2 Å². The number of nitrogens with zero attached hydrogens (tertiary/aromatic N) is 2. The molecule has 0 aliphatic carbocycles. The second kappa shape index (κ2) is 11.4. The van der Waals surface area contributed by atoms with Gasteiger partial charge >= 0.3 is 18.3 Å². The lowest BCUT2D eigenvalue weighted by Gasteiger charge is -2.14. The van der Waals surface area contributed by atoms with E-state index in [2.05, 4.69) is 10.3 Å². The van der Waals surface area contributed by atoms with Gasteiger partial charge in [0.2, 0.25) is 5.91 Å². The highest BCUT2D eigenvalue weighted by atomic mass is 32.2. The van der Waals surface area contributed by atoms with Crippen molar-refractivity contribution < 1.29 is 50.9 Å². The largest absolute Gasteiger partial charge is 0.507 e. The summed E-state index contributed by atoms with van der Waals surface area (Å²) in [4.78, 5) is 41.5. The van der Waals surface area contributed by atoms with Crippen LogP contribution in [0.3, 0.4) is 0 Å². The van der Waals surface area contributed by atoms with Gasteiger partial charge in [0.05, 0.1) is 27.4 Å². The number of thioether (sulfide) groups is 1. The molecule has 0 saturated carbocycles. The Morgan fingerprint density at radius 2 is 1.64 bits per heavy atom. The van der Waals surface area contributed by atoms with E-state index in [0.717, 1.165) is 28.8 Å². The van der Waals surface area contributed by atoms with E-state index in [0.29, 0.717) is 12.1 Å². The summed E-state index contributed by atoms with van der Waals surface area (Å²) in [6.45, 7) is -0.554. The molecular weight excluding hydrogens is 612 g/mol. The standard InChI is InChI=1S/C26H15F6N3O5S2/c27-25(28,29)13-6-12(7-14(8-13)26(30,31)32)18-3-1-2-15(33-18)10-20-22(38)35(24(41)42-20)11-21(37)34-16-4-5-17(23(39)40)19(36)9-16/h1-10,36H,11H2,(H,34,37)(H,39,40). The van der Waals surface area contributed by atoms with E-state index in [1.165, 1.54) is 30.3 Å². The number of aromatic carboxylic acids is 1. The molecule has 8 nitrogen and oxygen atoms in total. The molecule has 2 heterocycles. The number of alkyl halides is 6. The Morgan fingerprint density at radius 3 is 2.21 bits per heavy atom. The Hall–Kier alpha value is -4.44. The van der Waals surface area contributed by atoms with E-state index in [1.54, 1.807) is 0 Å². The number of carbonyl (C=O) groups excluding carboxylic acids is 2. The van der Waals surface area contributed by atoms with E-state index in [-0.39, 0.29) is 37.9 Å². The molecule has 0 spiro atoms. The van der Waals surface area contributed by atoms with Crippen molar-refractivity contribution in [3.8, 4) is 17.0 Å². The number of amides is 2. The van der Waals surface area contributed by atoms with Crippen molar-refractivity contribution in [1.82, 2.24) is 9.88 Å². The number of hydrogen-bond acceptors (Lipinski definition) is 7. The third-order valence-electron chi connectivity index (χ3n) is 5.62. The van der Waals surface area contributed by atoms with Crippen LogP contribution in [0.5, 0.6) is 5.75 Å². The summed E-state index contributed by atoms with van der Waals surface area (Å²) in [7, 11) is 0. The van der Waals surface area contributed by atoms with Crippen molar-refractivity contribution in [2.24, 2.45) is 0 Å². The van der Waals surface area contributed by atoms with Crippen LogP contribution in [-0.2, 0) is 21.9 Å². The van der Waals surface area contributed by atoms with Crippen LogP contribution in [-0.4, -0.2) is 48.7 Å². The minimum atomic E-state index is -5.05. The smallest absolute Gasteiger partial charge is 0.416 e. The highest BCUT2D eigenvalue weighted by Gasteiger charge is 2.37. The first-order valence-electron chi connectivity index (χ1n) is 11.4. The van der Waals surface area contributed by atoms with E-state index < -0.39 is 59.1 Å². The molecule has 1 fully saturated rings. The zero-order chi connectivity index (χ0) is 31.0. The first kappa shape index (κ1) is 30.5. The van der Waals surface area contributed by atoms with Gasteiger partial charge in [-0.3, -0.25) is 14.5 Å². The molecule has 1 aliphatic rings. The fourth-order valence-electron chi connectivity index (χ4n) is 3.70. The van der Waals surface area contributed by atoms with Gasteiger partial charge in [-0.05, 0) is 48.5 Å². The van der Waals surface area contributed by atoms with Gasteiger partial charge in [-0.15, -0.1) is 0 Å². The molecule has 42 heavy (non-hydrogen) atoms. The third kappa shape index (κ3) is 6.88. The number of aromatic hydroxyl groups is 1. The molecule has 0 unspecified atom stereocenters. The Bertz CT molecular complexity index is 1620. The van der Waals surface area contributed by atoms with Crippen LogP contribution in [0.4, 0.5) is 32.0 Å². The van der Waals surface area contributed by atoms with E-state index in [9.17, 15) is 45.8 Å². The highest BCUT2D eigenvalue weighted by molar-refractivity contribution is 8.26. The molecule has 218 valence electrons. The number of nitrogens with one attached hydrogen (secondary N) is 1. The number of phenols is 1. The van der Waals surface area contributed by atoms with Gasteiger partial charge in [-0.1, -0.05) is 30.0 Å². The average molecular weight is 628 g/mol. The van der Waals surface area contributed by atoms with Gasteiger partial charge in [-0.2, -0.15) is 26.3 Å². The van der Waals surface area contributed by atoms with Crippen LogP contribution in [0.15, 0.2) is 59.5 Å². The lowest BCUT2D eigenvalue weighted by atomic mass is 10.0.